The maximum absolute atomic E-state index is 12.0. The van der Waals surface area contributed by atoms with Gasteiger partial charge in [-0.1, -0.05) is 12.2 Å². The first-order valence-electron chi connectivity index (χ1n) is 6.29. The van der Waals surface area contributed by atoms with Crippen LogP contribution in [0.5, 0.6) is 0 Å². The molecule has 2 N–H and O–H groups in total. The van der Waals surface area contributed by atoms with Crippen LogP contribution in [0.15, 0.2) is 24.3 Å². The Balaban J connectivity index is 2.21. The topological polar surface area (TPSA) is 66.4 Å². The molecule has 4 nitrogen and oxygen atoms in total. The van der Waals surface area contributed by atoms with E-state index in [9.17, 15) is 9.59 Å². The third kappa shape index (κ3) is 2.84. The Morgan fingerprint density at radius 3 is 2.42 bits per heavy atom. The van der Waals surface area contributed by atoms with Gasteiger partial charge >= 0.3 is 5.97 Å². The molecular formula is C15H17NO3. The van der Waals surface area contributed by atoms with Crippen molar-refractivity contribution < 1.29 is 14.7 Å². The summed E-state index contributed by atoms with van der Waals surface area (Å²) in [5.74, 6) is -1.06. The highest BCUT2D eigenvalue weighted by Gasteiger charge is 2.20. The molecule has 1 aromatic carbocycles. The number of carbonyl (C=O) groups is 2. The Morgan fingerprint density at radius 1 is 1.21 bits per heavy atom. The summed E-state index contributed by atoms with van der Waals surface area (Å²) in [6.45, 7) is 3.61. The third-order valence-electron chi connectivity index (χ3n) is 3.54. The summed E-state index contributed by atoms with van der Waals surface area (Å²) in [5.41, 5.74) is 2.38. The van der Waals surface area contributed by atoms with Crippen molar-refractivity contribution in [1.29, 1.82) is 0 Å². The Morgan fingerprint density at radius 2 is 1.84 bits per heavy atom. The summed E-state index contributed by atoms with van der Waals surface area (Å²) in [5, 5.41) is 11.9. The highest BCUT2D eigenvalue weighted by molar-refractivity contribution is 5.96. The zero-order valence-corrected chi connectivity index (χ0v) is 11.1. The minimum atomic E-state index is -0.973. The largest absolute Gasteiger partial charge is 0.478 e. The Hall–Kier alpha value is -2.10. The second-order valence-corrected chi connectivity index (χ2v) is 4.90. The number of carboxylic acids is 1. The minimum absolute atomic E-state index is 0.0325. The zero-order valence-electron chi connectivity index (χ0n) is 11.1. The highest BCUT2D eigenvalue weighted by atomic mass is 16.4. The van der Waals surface area contributed by atoms with Crippen molar-refractivity contribution in [3.63, 3.8) is 0 Å². The summed E-state index contributed by atoms with van der Waals surface area (Å²) >= 11 is 0. The van der Waals surface area contributed by atoms with Gasteiger partial charge in [-0.3, -0.25) is 4.79 Å². The van der Waals surface area contributed by atoms with Crippen LogP contribution in [0.3, 0.4) is 0 Å². The predicted molar refractivity (Wildman–Crippen MR) is 73.4 cm³/mol. The van der Waals surface area contributed by atoms with Crippen molar-refractivity contribution in [1.82, 2.24) is 0 Å². The maximum Gasteiger partial charge on any atom is 0.336 e. The first-order chi connectivity index (χ1) is 8.99. The molecule has 4 heteroatoms. The SMILES string of the molecule is Cc1cc(NC(=O)C2CC=CC2)cc(C(=O)O)c1C. The lowest BCUT2D eigenvalue weighted by Gasteiger charge is -2.13. The minimum Gasteiger partial charge on any atom is -0.478 e. The van der Waals surface area contributed by atoms with Crippen LogP contribution in [0.4, 0.5) is 5.69 Å². The average Bonchev–Trinajstić information content (AvgIpc) is 2.86. The lowest BCUT2D eigenvalue weighted by atomic mass is 10.0. The summed E-state index contributed by atoms with van der Waals surface area (Å²) in [7, 11) is 0. The van der Waals surface area contributed by atoms with Crippen molar-refractivity contribution in [3.8, 4) is 0 Å². The number of rotatable bonds is 3. The molecule has 0 spiro atoms. The smallest absolute Gasteiger partial charge is 0.336 e. The maximum atomic E-state index is 12.0. The fourth-order valence-corrected chi connectivity index (χ4v) is 2.23. The predicted octanol–water partition coefficient (Wildman–Crippen LogP) is 2.91. The van der Waals surface area contributed by atoms with Gasteiger partial charge in [0, 0.05) is 11.6 Å². The van der Waals surface area contributed by atoms with E-state index in [2.05, 4.69) is 5.32 Å². The van der Waals surface area contributed by atoms with Crippen molar-refractivity contribution in [2.24, 2.45) is 5.92 Å². The fraction of sp³-hybridized carbons (Fsp3) is 0.333. The Bertz CT molecular complexity index is 553. The van der Waals surface area contributed by atoms with Gasteiger partial charge < -0.3 is 10.4 Å². The van der Waals surface area contributed by atoms with E-state index in [-0.39, 0.29) is 17.4 Å². The van der Waals surface area contributed by atoms with E-state index in [0.717, 1.165) is 24.0 Å². The number of carbonyl (C=O) groups excluding carboxylic acids is 1. The van der Waals surface area contributed by atoms with Gasteiger partial charge in [0.25, 0.3) is 0 Å². The van der Waals surface area contributed by atoms with Crippen molar-refractivity contribution in [2.45, 2.75) is 26.7 Å². The number of hydrogen-bond donors (Lipinski definition) is 2. The second kappa shape index (κ2) is 5.26. The Labute approximate surface area is 112 Å². The van der Waals surface area contributed by atoms with Crippen LogP contribution in [0.2, 0.25) is 0 Å². The fourth-order valence-electron chi connectivity index (χ4n) is 2.23. The molecule has 0 saturated carbocycles. The van der Waals surface area contributed by atoms with Crippen LogP contribution in [0.1, 0.15) is 34.3 Å². The molecule has 2 rings (SSSR count). The highest BCUT2D eigenvalue weighted by Crippen LogP contribution is 2.23. The van der Waals surface area contributed by atoms with Gasteiger partial charge in [0.05, 0.1) is 5.56 Å². The molecule has 0 radical (unpaired) electrons. The van der Waals surface area contributed by atoms with Gasteiger partial charge in [-0.15, -0.1) is 0 Å². The van der Waals surface area contributed by atoms with E-state index >= 15 is 0 Å². The van der Waals surface area contributed by atoms with E-state index in [1.807, 2.05) is 25.1 Å². The molecular weight excluding hydrogens is 242 g/mol. The van der Waals surface area contributed by atoms with E-state index in [1.54, 1.807) is 6.92 Å². The summed E-state index contributed by atoms with van der Waals surface area (Å²) < 4.78 is 0. The first kappa shape index (κ1) is 13.3. The molecule has 100 valence electrons. The lowest BCUT2D eigenvalue weighted by molar-refractivity contribution is -0.119. The number of benzene rings is 1. The number of anilines is 1. The number of nitrogens with one attached hydrogen (secondary N) is 1. The van der Waals surface area contributed by atoms with Crippen LogP contribution < -0.4 is 5.32 Å². The molecule has 0 bridgehead atoms. The summed E-state index contributed by atoms with van der Waals surface area (Å²) in [6, 6.07) is 3.33. The number of aryl methyl sites for hydroxylation is 1. The van der Waals surface area contributed by atoms with Crippen LogP contribution in [0.25, 0.3) is 0 Å². The average molecular weight is 259 g/mol. The second-order valence-electron chi connectivity index (χ2n) is 4.90. The van der Waals surface area contributed by atoms with Crippen molar-refractivity contribution in [2.75, 3.05) is 5.32 Å². The molecule has 0 saturated heterocycles. The number of aromatic carboxylic acids is 1. The number of hydrogen-bond acceptors (Lipinski definition) is 2. The first-order valence-corrected chi connectivity index (χ1v) is 6.29. The van der Waals surface area contributed by atoms with E-state index < -0.39 is 5.97 Å². The zero-order chi connectivity index (χ0) is 14.0. The number of allylic oxidation sites excluding steroid dienone is 2. The molecule has 0 unspecified atom stereocenters. The lowest BCUT2D eigenvalue weighted by Crippen LogP contribution is -2.21. The van der Waals surface area contributed by atoms with Crippen LogP contribution >= 0.6 is 0 Å². The van der Waals surface area contributed by atoms with Gasteiger partial charge in [-0.2, -0.15) is 0 Å². The van der Waals surface area contributed by atoms with Crippen molar-refractivity contribution in [3.05, 3.63) is 41.0 Å². The number of carboxylic acid groups (broad SMARTS) is 1. The van der Waals surface area contributed by atoms with Gasteiger partial charge in [-0.05, 0) is 49.9 Å². The molecule has 19 heavy (non-hydrogen) atoms. The molecule has 1 aromatic rings. The van der Waals surface area contributed by atoms with Gasteiger partial charge in [0.15, 0.2) is 0 Å². The molecule has 0 aromatic heterocycles. The Kier molecular flexibility index (Phi) is 3.69. The standard InChI is InChI=1S/C15H17NO3/c1-9-7-12(8-13(10(9)2)15(18)19)16-14(17)11-5-3-4-6-11/h3-4,7-8,11H,5-6H2,1-2H3,(H,16,17)(H,18,19). The van der Waals surface area contributed by atoms with Crippen LogP contribution in [-0.4, -0.2) is 17.0 Å². The normalized spacial score (nSPS) is 14.6. The van der Waals surface area contributed by atoms with Crippen molar-refractivity contribution >= 4 is 17.6 Å². The molecule has 0 heterocycles. The molecule has 1 aliphatic rings. The van der Waals surface area contributed by atoms with Crippen LogP contribution in [0, 0.1) is 19.8 Å². The quantitative estimate of drug-likeness (QED) is 0.820. The monoisotopic (exact) mass is 259 g/mol. The van der Waals surface area contributed by atoms with E-state index in [1.165, 1.54) is 6.07 Å². The molecule has 1 aliphatic carbocycles. The summed E-state index contributed by atoms with van der Waals surface area (Å²) in [6.07, 6.45) is 5.49. The number of amides is 1. The molecule has 0 fully saturated rings. The van der Waals surface area contributed by atoms with E-state index in [4.69, 9.17) is 5.11 Å². The molecule has 0 atom stereocenters. The van der Waals surface area contributed by atoms with Gasteiger partial charge in [0.1, 0.15) is 0 Å². The molecule has 0 aliphatic heterocycles. The van der Waals surface area contributed by atoms with Gasteiger partial charge in [0.2, 0.25) is 5.91 Å². The van der Waals surface area contributed by atoms with Gasteiger partial charge in [-0.25, -0.2) is 4.79 Å². The third-order valence-corrected chi connectivity index (χ3v) is 3.54. The molecule has 1 amide bonds. The van der Waals surface area contributed by atoms with E-state index in [0.29, 0.717) is 5.69 Å². The van der Waals surface area contributed by atoms with Crippen LogP contribution in [-0.2, 0) is 4.79 Å². The summed E-state index contributed by atoms with van der Waals surface area (Å²) in [4.78, 5) is 23.1.